The number of rotatable bonds is 8. The van der Waals surface area contributed by atoms with Gasteiger partial charge in [0, 0.05) is 30.2 Å². The van der Waals surface area contributed by atoms with Crippen LogP contribution in [0.15, 0.2) is 35.4 Å². The molecule has 7 nitrogen and oxygen atoms in total. The fraction of sp³-hybridized carbons (Fsp3) is 0.391. The van der Waals surface area contributed by atoms with Crippen molar-refractivity contribution in [2.45, 2.75) is 11.3 Å². The number of hydrogen-bond donors (Lipinski definition) is 1. The lowest BCUT2D eigenvalue weighted by Gasteiger charge is -2.45. The average molecular weight is 514 g/mol. The highest BCUT2D eigenvalue weighted by Gasteiger charge is 2.57. The molecule has 0 bridgehead atoms. The van der Waals surface area contributed by atoms with Crippen molar-refractivity contribution in [2.24, 2.45) is 16.8 Å². The van der Waals surface area contributed by atoms with Crippen LogP contribution < -0.4 is 10.5 Å². The van der Waals surface area contributed by atoms with Crippen LogP contribution >= 0.6 is 11.8 Å². The summed E-state index contributed by atoms with van der Waals surface area (Å²) in [5.41, 5.74) is 5.62. The summed E-state index contributed by atoms with van der Waals surface area (Å²) >= 11 is 0.897. The zero-order chi connectivity index (χ0) is 25.2. The van der Waals surface area contributed by atoms with Gasteiger partial charge in [-0.05, 0) is 37.2 Å². The third kappa shape index (κ3) is 4.75. The van der Waals surface area contributed by atoms with E-state index in [1.54, 1.807) is 0 Å². The van der Waals surface area contributed by atoms with Gasteiger partial charge in [-0.25, -0.2) is 22.6 Å². The normalized spacial score (nSPS) is 21.1. The van der Waals surface area contributed by atoms with E-state index >= 15 is 0 Å². The molecule has 0 radical (unpaired) electrons. The largest absolute Gasteiger partial charge is 0.490 e. The second-order valence-electron chi connectivity index (χ2n) is 7.93. The van der Waals surface area contributed by atoms with Crippen LogP contribution in [0.5, 0.6) is 5.75 Å². The first-order valence-electron chi connectivity index (χ1n) is 10.8. The molecule has 2 heterocycles. The summed E-state index contributed by atoms with van der Waals surface area (Å²) < 4.78 is 73.7. The number of nitrogens with two attached hydrogens (primary N) is 1. The Labute approximate surface area is 203 Å². The molecule has 35 heavy (non-hydrogen) atoms. The van der Waals surface area contributed by atoms with Crippen molar-refractivity contribution in [1.29, 1.82) is 0 Å². The van der Waals surface area contributed by atoms with E-state index < -0.39 is 46.6 Å². The SMILES string of the molecule is COCCOCC(=O)N1N=C(c2cc(F)ccc2F)SC12c1cc(F)cc(F)c1OCC2CCN. The summed E-state index contributed by atoms with van der Waals surface area (Å²) in [5, 5.41) is 5.33. The minimum Gasteiger partial charge on any atom is -0.490 e. The maximum absolute atomic E-state index is 14.7. The fourth-order valence-electron chi connectivity index (χ4n) is 4.15. The number of amides is 1. The predicted octanol–water partition coefficient (Wildman–Crippen LogP) is 3.35. The molecular formula is C23H23F4N3O4S. The Morgan fingerprint density at radius 3 is 2.74 bits per heavy atom. The van der Waals surface area contributed by atoms with Crippen molar-refractivity contribution in [3.8, 4) is 5.75 Å². The topological polar surface area (TPSA) is 86.4 Å². The number of thioether (sulfide) groups is 1. The van der Waals surface area contributed by atoms with Crippen LogP contribution in [0, 0.1) is 29.2 Å². The number of halogens is 4. The Kier molecular flexibility index (Phi) is 7.64. The van der Waals surface area contributed by atoms with Crippen molar-refractivity contribution in [2.75, 3.05) is 40.1 Å². The molecule has 0 aromatic heterocycles. The minimum atomic E-state index is -1.54. The van der Waals surface area contributed by atoms with Crippen LogP contribution in [0.4, 0.5) is 17.6 Å². The van der Waals surface area contributed by atoms with Gasteiger partial charge in [0.2, 0.25) is 0 Å². The number of carbonyl (C=O) groups is 1. The summed E-state index contributed by atoms with van der Waals surface area (Å²) in [4.78, 5) is 11.8. The second kappa shape index (κ2) is 10.5. The number of methoxy groups -OCH3 is 1. The predicted molar refractivity (Wildman–Crippen MR) is 121 cm³/mol. The van der Waals surface area contributed by atoms with Crippen LogP contribution in [0.3, 0.4) is 0 Å². The highest BCUT2D eigenvalue weighted by Crippen LogP contribution is 2.58. The van der Waals surface area contributed by atoms with Gasteiger partial charge >= 0.3 is 0 Å². The third-order valence-corrected chi connectivity index (χ3v) is 7.23. The van der Waals surface area contributed by atoms with E-state index in [0.717, 1.165) is 41.0 Å². The summed E-state index contributed by atoms with van der Waals surface area (Å²) in [5.74, 6) is -4.83. The highest BCUT2D eigenvalue weighted by molar-refractivity contribution is 8.15. The molecule has 4 rings (SSSR count). The lowest BCUT2D eigenvalue weighted by atomic mass is 9.86. The molecule has 0 saturated heterocycles. The fourth-order valence-corrected chi connectivity index (χ4v) is 5.67. The molecule has 2 atom stereocenters. The molecule has 188 valence electrons. The van der Waals surface area contributed by atoms with Crippen LogP contribution in [-0.4, -0.2) is 56.0 Å². The Morgan fingerprint density at radius 1 is 1.20 bits per heavy atom. The number of nitrogens with zero attached hydrogens (tertiary/aromatic N) is 2. The number of benzene rings is 2. The van der Waals surface area contributed by atoms with Gasteiger partial charge in [-0.15, -0.1) is 0 Å². The number of hydrazone groups is 1. The molecule has 0 fully saturated rings. The molecule has 12 heteroatoms. The van der Waals surface area contributed by atoms with Crippen molar-refractivity contribution in [3.05, 3.63) is 64.7 Å². The van der Waals surface area contributed by atoms with Gasteiger partial charge in [0.05, 0.1) is 19.8 Å². The first-order chi connectivity index (χ1) is 16.8. The van der Waals surface area contributed by atoms with Crippen molar-refractivity contribution in [1.82, 2.24) is 5.01 Å². The number of fused-ring (bicyclic) bond motifs is 2. The summed E-state index contributed by atoms with van der Waals surface area (Å²) in [6.07, 6.45) is 0.285. The van der Waals surface area contributed by atoms with Crippen LogP contribution in [0.1, 0.15) is 17.5 Å². The lowest BCUT2D eigenvalue weighted by Crippen LogP contribution is -2.52. The van der Waals surface area contributed by atoms with Crippen LogP contribution in [0.2, 0.25) is 0 Å². The van der Waals surface area contributed by atoms with Crippen molar-refractivity contribution >= 4 is 22.7 Å². The van der Waals surface area contributed by atoms with Crippen molar-refractivity contribution in [3.63, 3.8) is 0 Å². The Balaban J connectivity index is 1.86. The number of carbonyl (C=O) groups excluding carboxylic acids is 1. The van der Waals surface area contributed by atoms with E-state index in [0.29, 0.717) is 6.07 Å². The molecule has 2 unspecified atom stereocenters. The molecule has 2 aromatic carbocycles. The van der Waals surface area contributed by atoms with Crippen LogP contribution in [-0.2, 0) is 19.1 Å². The average Bonchev–Trinajstić information content (AvgIpc) is 3.21. The number of hydrogen-bond acceptors (Lipinski definition) is 7. The number of ether oxygens (including phenoxy) is 3. The summed E-state index contributed by atoms with van der Waals surface area (Å²) in [6.45, 7) is 0.0129. The van der Waals surface area contributed by atoms with E-state index in [1.807, 2.05) is 0 Å². The van der Waals surface area contributed by atoms with Crippen LogP contribution in [0.25, 0.3) is 0 Å². The van der Waals surface area contributed by atoms with E-state index in [-0.39, 0.29) is 54.7 Å². The minimum absolute atomic E-state index is 0.00510. The second-order valence-corrected chi connectivity index (χ2v) is 9.14. The van der Waals surface area contributed by atoms with Gasteiger partial charge in [-0.2, -0.15) is 5.10 Å². The summed E-state index contributed by atoms with van der Waals surface area (Å²) in [7, 11) is 1.47. The molecule has 2 aliphatic heterocycles. The summed E-state index contributed by atoms with van der Waals surface area (Å²) in [6, 6.07) is 4.56. The molecular weight excluding hydrogens is 490 g/mol. The zero-order valence-electron chi connectivity index (χ0n) is 18.7. The quantitative estimate of drug-likeness (QED) is 0.431. The van der Waals surface area contributed by atoms with E-state index in [4.69, 9.17) is 19.9 Å². The Hall–Kier alpha value is -2.67. The van der Waals surface area contributed by atoms with Crippen molar-refractivity contribution < 1.29 is 36.6 Å². The molecule has 0 saturated carbocycles. The van der Waals surface area contributed by atoms with E-state index in [9.17, 15) is 22.4 Å². The first-order valence-corrected chi connectivity index (χ1v) is 11.6. The third-order valence-electron chi connectivity index (χ3n) is 5.70. The van der Waals surface area contributed by atoms with Gasteiger partial charge in [-0.1, -0.05) is 11.8 Å². The zero-order valence-corrected chi connectivity index (χ0v) is 19.5. The van der Waals surface area contributed by atoms with E-state index in [2.05, 4.69) is 5.10 Å². The molecule has 0 aliphatic carbocycles. The maximum Gasteiger partial charge on any atom is 0.270 e. The monoisotopic (exact) mass is 513 g/mol. The van der Waals surface area contributed by atoms with Gasteiger partial charge in [0.15, 0.2) is 16.4 Å². The smallest absolute Gasteiger partial charge is 0.270 e. The highest BCUT2D eigenvalue weighted by atomic mass is 32.2. The maximum atomic E-state index is 14.7. The Morgan fingerprint density at radius 2 is 2.00 bits per heavy atom. The molecule has 1 spiro atoms. The lowest BCUT2D eigenvalue weighted by molar-refractivity contribution is -0.142. The molecule has 2 N–H and O–H groups in total. The van der Waals surface area contributed by atoms with Gasteiger partial charge in [-0.3, -0.25) is 4.79 Å². The van der Waals surface area contributed by atoms with Gasteiger partial charge in [0.25, 0.3) is 5.91 Å². The molecule has 2 aliphatic rings. The van der Waals surface area contributed by atoms with E-state index in [1.165, 1.54) is 7.11 Å². The molecule has 2 aromatic rings. The Bertz CT molecular complexity index is 1150. The molecule has 1 amide bonds. The van der Waals surface area contributed by atoms with Gasteiger partial charge in [0.1, 0.15) is 29.1 Å². The first kappa shape index (κ1) is 25.4. The van der Waals surface area contributed by atoms with Gasteiger partial charge < -0.3 is 19.9 Å². The standard InChI is InChI=1S/C23H23F4N3O4S/c1-32-6-7-33-12-20(31)30-23(35-22(29-30)16-8-14(24)2-3-18(16)26)13(4-5-28)11-34-21-17(23)9-15(25)10-19(21)27/h2-3,8-10,13H,4-7,11-12,28H2,1H3.